The second-order valence-corrected chi connectivity index (χ2v) is 9.80. The van der Waals surface area contributed by atoms with Gasteiger partial charge in [0, 0.05) is 18.7 Å². The summed E-state index contributed by atoms with van der Waals surface area (Å²) < 4.78 is 10.7. The molecule has 0 bridgehead atoms. The first-order valence-electron chi connectivity index (χ1n) is 14.4. The molecule has 0 radical (unpaired) electrons. The SMILES string of the molecule is CCCCc1ccc(CCCCOCc2cccc(C=Cc3cccc(NC(=O)CCC(=O)OCC)c3)n2)cc1. The van der Waals surface area contributed by atoms with Crippen LogP contribution in [0.4, 0.5) is 5.69 Å². The number of unbranched alkanes of at least 4 members (excludes halogenated alkanes) is 2. The predicted molar refractivity (Wildman–Crippen MR) is 162 cm³/mol. The fourth-order valence-electron chi connectivity index (χ4n) is 4.21. The number of pyridine rings is 1. The van der Waals surface area contributed by atoms with Gasteiger partial charge in [0.05, 0.1) is 31.0 Å². The molecule has 6 nitrogen and oxygen atoms in total. The van der Waals surface area contributed by atoms with Crippen molar-refractivity contribution in [2.24, 2.45) is 0 Å². The molecular formula is C34H42N2O4. The normalized spacial score (nSPS) is 11.1. The zero-order valence-corrected chi connectivity index (χ0v) is 23.9. The molecule has 0 saturated carbocycles. The highest BCUT2D eigenvalue weighted by Gasteiger charge is 2.08. The van der Waals surface area contributed by atoms with E-state index in [9.17, 15) is 9.59 Å². The molecule has 0 saturated heterocycles. The molecular weight excluding hydrogens is 500 g/mol. The topological polar surface area (TPSA) is 77.5 Å². The molecule has 3 rings (SSSR count). The van der Waals surface area contributed by atoms with Crippen LogP contribution in [0.25, 0.3) is 12.2 Å². The van der Waals surface area contributed by atoms with E-state index in [-0.39, 0.29) is 24.7 Å². The number of hydrogen-bond donors (Lipinski definition) is 1. The van der Waals surface area contributed by atoms with Crippen LogP contribution in [0.15, 0.2) is 66.7 Å². The number of rotatable bonds is 17. The lowest BCUT2D eigenvalue weighted by atomic mass is 10.0. The zero-order chi connectivity index (χ0) is 28.4. The molecule has 0 unspecified atom stereocenters. The van der Waals surface area contributed by atoms with Crippen LogP contribution in [0, 0.1) is 0 Å². The van der Waals surface area contributed by atoms with E-state index in [1.807, 2.05) is 54.6 Å². The maximum atomic E-state index is 12.1. The summed E-state index contributed by atoms with van der Waals surface area (Å²) in [6, 6.07) is 22.5. The molecule has 0 aliphatic heterocycles. The van der Waals surface area contributed by atoms with Crippen molar-refractivity contribution >= 4 is 29.7 Å². The van der Waals surface area contributed by atoms with Crippen LogP contribution in [0.3, 0.4) is 0 Å². The number of carbonyl (C=O) groups is 2. The lowest BCUT2D eigenvalue weighted by molar-refractivity contribution is -0.144. The first kappa shape index (κ1) is 30.8. The molecule has 3 aromatic rings. The smallest absolute Gasteiger partial charge is 0.306 e. The summed E-state index contributed by atoms with van der Waals surface area (Å²) in [7, 11) is 0. The van der Waals surface area contributed by atoms with E-state index in [4.69, 9.17) is 9.47 Å². The van der Waals surface area contributed by atoms with E-state index in [0.717, 1.165) is 36.2 Å². The number of aryl methyl sites for hydroxylation is 2. The van der Waals surface area contributed by atoms with Gasteiger partial charge in [-0.2, -0.15) is 0 Å². The lowest BCUT2D eigenvalue weighted by Gasteiger charge is -2.07. The minimum atomic E-state index is -0.367. The Balaban J connectivity index is 1.38. The number of amides is 1. The fourth-order valence-corrected chi connectivity index (χ4v) is 4.21. The monoisotopic (exact) mass is 542 g/mol. The van der Waals surface area contributed by atoms with Crippen LogP contribution in [0.1, 0.15) is 80.5 Å². The van der Waals surface area contributed by atoms with Crippen molar-refractivity contribution in [3.63, 3.8) is 0 Å². The van der Waals surface area contributed by atoms with E-state index in [1.165, 1.54) is 30.4 Å². The molecule has 6 heteroatoms. The Labute approximate surface area is 238 Å². The number of nitrogens with zero attached hydrogens (tertiary/aromatic N) is 1. The fraction of sp³-hybridized carbons (Fsp3) is 0.382. The van der Waals surface area contributed by atoms with Gasteiger partial charge in [-0.05, 0) is 86.1 Å². The van der Waals surface area contributed by atoms with Gasteiger partial charge in [-0.15, -0.1) is 0 Å². The highest BCUT2D eigenvalue weighted by molar-refractivity contribution is 5.93. The second-order valence-electron chi connectivity index (χ2n) is 9.80. The number of benzene rings is 2. The van der Waals surface area contributed by atoms with Gasteiger partial charge >= 0.3 is 5.97 Å². The summed E-state index contributed by atoms with van der Waals surface area (Å²) in [6.07, 6.45) is 10.9. The van der Waals surface area contributed by atoms with Crippen LogP contribution in [-0.4, -0.2) is 30.1 Å². The Morgan fingerprint density at radius 2 is 1.60 bits per heavy atom. The summed E-state index contributed by atoms with van der Waals surface area (Å²) in [6.45, 7) is 5.49. The van der Waals surface area contributed by atoms with Gasteiger partial charge in [0.1, 0.15) is 0 Å². The van der Waals surface area contributed by atoms with Crippen molar-refractivity contribution < 1.29 is 19.1 Å². The quantitative estimate of drug-likeness (QED) is 0.142. The first-order chi connectivity index (χ1) is 19.6. The van der Waals surface area contributed by atoms with Crippen molar-refractivity contribution in [2.75, 3.05) is 18.5 Å². The zero-order valence-electron chi connectivity index (χ0n) is 23.9. The van der Waals surface area contributed by atoms with E-state index in [0.29, 0.717) is 25.5 Å². The second kappa shape index (κ2) is 17.7. The summed E-state index contributed by atoms with van der Waals surface area (Å²) in [5.41, 5.74) is 6.17. The summed E-state index contributed by atoms with van der Waals surface area (Å²) in [5.74, 6) is -0.589. The molecule has 0 aliphatic carbocycles. The van der Waals surface area contributed by atoms with E-state index in [1.54, 1.807) is 6.92 Å². The molecule has 212 valence electrons. The Morgan fingerprint density at radius 3 is 2.35 bits per heavy atom. The molecule has 40 heavy (non-hydrogen) atoms. The van der Waals surface area contributed by atoms with Gasteiger partial charge in [0.25, 0.3) is 0 Å². The predicted octanol–water partition coefficient (Wildman–Crippen LogP) is 7.42. The molecule has 1 aromatic heterocycles. The summed E-state index contributed by atoms with van der Waals surface area (Å²) >= 11 is 0. The number of hydrogen-bond acceptors (Lipinski definition) is 5. The van der Waals surface area contributed by atoms with Crippen molar-refractivity contribution in [3.8, 4) is 0 Å². The number of nitrogens with one attached hydrogen (secondary N) is 1. The average molecular weight is 543 g/mol. The Morgan fingerprint density at radius 1 is 0.850 bits per heavy atom. The molecule has 1 heterocycles. The number of esters is 1. The van der Waals surface area contributed by atoms with E-state index >= 15 is 0 Å². The Hall–Kier alpha value is -3.77. The molecule has 1 N–H and O–H groups in total. The lowest BCUT2D eigenvalue weighted by Crippen LogP contribution is -2.14. The third kappa shape index (κ3) is 12.0. The van der Waals surface area contributed by atoms with Crippen LogP contribution in [0.5, 0.6) is 0 Å². The molecule has 0 fully saturated rings. The van der Waals surface area contributed by atoms with Gasteiger partial charge in [-0.3, -0.25) is 14.6 Å². The molecule has 0 aliphatic rings. The number of ether oxygens (including phenoxy) is 2. The number of carbonyl (C=O) groups excluding carboxylic acids is 2. The molecule has 0 atom stereocenters. The van der Waals surface area contributed by atoms with Crippen molar-refractivity contribution in [3.05, 3.63) is 94.8 Å². The molecule has 2 aromatic carbocycles. The molecule has 1 amide bonds. The maximum Gasteiger partial charge on any atom is 0.306 e. The standard InChI is InChI=1S/C34H42N2O4/c1-3-5-10-27-16-18-28(19-17-27)11-6-7-24-39-26-32-15-9-13-30(35-32)21-20-29-12-8-14-31(25-29)36-33(37)22-23-34(38)40-4-2/h8-9,12-21,25H,3-7,10-11,22-24,26H2,1-2H3,(H,36,37). The van der Waals surface area contributed by atoms with Crippen LogP contribution >= 0.6 is 0 Å². The number of aromatic nitrogens is 1. The van der Waals surface area contributed by atoms with E-state index in [2.05, 4.69) is 41.5 Å². The maximum absolute atomic E-state index is 12.1. The third-order valence-corrected chi connectivity index (χ3v) is 6.40. The number of anilines is 1. The Bertz CT molecular complexity index is 1220. The molecule has 0 spiro atoms. The van der Waals surface area contributed by atoms with Crippen LogP contribution in [-0.2, 0) is 38.5 Å². The van der Waals surface area contributed by atoms with Gasteiger partial charge in [0.2, 0.25) is 5.91 Å². The first-order valence-corrected chi connectivity index (χ1v) is 14.4. The van der Waals surface area contributed by atoms with Gasteiger partial charge in [-0.25, -0.2) is 0 Å². The van der Waals surface area contributed by atoms with Gasteiger partial charge in [-0.1, -0.05) is 61.9 Å². The van der Waals surface area contributed by atoms with Crippen molar-refractivity contribution in [1.82, 2.24) is 4.98 Å². The summed E-state index contributed by atoms with van der Waals surface area (Å²) in [5, 5.41) is 2.83. The highest BCUT2D eigenvalue weighted by atomic mass is 16.5. The van der Waals surface area contributed by atoms with Crippen molar-refractivity contribution in [1.29, 1.82) is 0 Å². The highest BCUT2D eigenvalue weighted by Crippen LogP contribution is 2.15. The average Bonchev–Trinajstić information content (AvgIpc) is 2.97. The van der Waals surface area contributed by atoms with Crippen LogP contribution in [0.2, 0.25) is 0 Å². The third-order valence-electron chi connectivity index (χ3n) is 6.40. The minimum absolute atomic E-state index is 0.0681. The summed E-state index contributed by atoms with van der Waals surface area (Å²) in [4.78, 5) is 28.3. The van der Waals surface area contributed by atoms with Gasteiger partial charge < -0.3 is 14.8 Å². The minimum Gasteiger partial charge on any atom is -0.466 e. The van der Waals surface area contributed by atoms with Crippen molar-refractivity contribution in [2.45, 2.75) is 71.8 Å². The van der Waals surface area contributed by atoms with Gasteiger partial charge in [0.15, 0.2) is 0 Å². The largest absolute Gasteiger partial charge is 0.466 e. The van der Waals surface area contributed by atoms with Crippen LogP contribution < -0.4 is 5.32 Å². The van der Waals surface area contributed by atoms with E-state index < -0.39 is 0 Å². The Kier molecular flexibility index (Phi) is 13.6.